The smallest absolute Gasteiger partial charge is 0.326 e. The van der Waals surface area contributed by atoms with Crippen LogP contribution >= 0.6 is 0 Å². The molecule has 0 aliphatic carbocycles. The minimum absolute atomic E-state index is 0.0226. The number of carbonyl (C=O) groups excluding carboxylic acids is 1. The average molecular weight is 343 g/mol. The van der Waals surface area contributed by atoms with Crippen LogP contribution < -0.4 is 14.3 Å². The molecule has 7 nitrogen and oxygen atoms in total. The van der Waals surface area contributed by atoms with Gasteiger partial charge in [0.1, 0.15) is 18.0 Å². The summed E-state index contributed by atoms with van der Waals surface area (Å²) >= 11 is 0. The van der Waals surface area contributed by atoms with Gasteiger partial charge in [-0.2, -0.15) is 8.42 Å². The Labute approximate surface area is 133 Å². The molecule has 9 heteroatoms. The molecule has 1 aromatic rings. The van der Waals surface area contributed by atoms with E-state index >= 15 is 0 Å². The van der Waals surface area contributed by atoms with Gasteiger partial charge in [-0.25, -0.2) is 13.4 Å². The van der Waals surface area contributed by atoms with Gasteiger partial charge in [0, 0.05) is 0 Å². The molecule has 0 spiro atoms. The lowest BCUT2D eigenvalue weighted by molar-refractivity contribution is -0.117. The van der Waals surface area contributed by atoms with Crippen molar-refractivity contribution in [2.75, 3.05) is 23.9 Å². The molecule has 1 aromatic carbocycles. The number of nitrogens with zero attached hydrogens (tertiary/aromatic N) is 1. The van der Waals surface area contributed by atoms with Crippen LogP contribution in [0.15, 0.2) is 12.1 Å². The minimum atomic E-state index is -4.16. The van der Waals surface area contributed by atoms with Crippen molar-refractivity contribution in [3.63, 3.8) is 0 Å². The fourth-order valence-electron chi connectivity index (χ4n) is 3.14. The molecule has 0 aromatic heterocycles. The van der Waals surface area contributed by atoms with Crippen molar-refractivity contribution in [2.45, 2.75) is 19.3 Å². The number of hydrogen-bond acceptors (Lipinski definition) is 5. The molecule has 2 fully saturated rings. The number of hydrogen-bond donors (Lipinski definition) is 3. The standard InChI is InChI=1S/C14H18FN3O4S/c1-8(9-2-3-16-6-9)10-4-11(15)14(12(19)5-10)18-7-13(20)17-23(18,21)22/h4-5,8-9,16,19H,2-3,6-7H2,1H3,(H,17,20). The van der Waals surface area contributed by atoms with Gasteiger partial charge < -0.3 is 10.4 Å². The van der Waals surface area contributed by atoms with E-state index in [2.05, 4.69) is 5.32 Å². The monoisotopic (exact) mass is 343 g/mol. The Morgan fingerprint density at radius 2 is 2.17 bits per heavy atom. The third kappa shape index (κ3) is 2.86. The number of aromatic hydroxyl groups is 1. The second-order valence-corrected chi connectivity index (χ2v) is 7.54. The van der Waals surface area contributed by atoms with Crippen LogP contribution in [0.25, 0.3) is 0 Å². The predicted molar refractivity (Wildman–Crippen MR) is 81.9 cm³/mol. The number of amides is 1. The predicted octanol–water partition coefficient (Wildman–Crippen LogP) is 0.425. The molecule has 2 aliphatic heterocycles. The van der Waals surface area contributed by atoms with Crippen LogP contribution in [0.5, 0.6) is 5.75 Å². The van der Waals surface area contributed by atoms with Gasteiger partial charge in [-0.1, -0.05) is 6.92 Å². The molecule has 2 saturated heterocycles. The van der Waals surface area contributed by atoms with Crippen LogP contribution in [0.3, 0.4) is 0 Å². The molecule has 2 aliphatic rings. The Bertz CT molecular complexity index is 723. The van der Waals surface area contributed by atoms with Crippen molar-refractivity contribution >= 4 is 21.8 Å². The van der Waals surface area contributed by atoms with Crippen LogP contribution in [-0.4, -0.2) is 39.1 Å². The zero-order valence-electron chi connectivity index (χ0n) is 12.5. The van der Waals surface area contributed by atoms with Crippen LogP contribution in [0.4, 0.5) is 10.1 Å². The van der Waals surface area contributed by atoms with Gasteiger partial charge in [-0.15, -0.1) is 0 Å². The zero-order valence-corrected chi connectivity index (χ0v) is 13.4. The van der Waals surface area contributed by atoms with E-state index in [9.17, 15) is 22.7 Å². The van der Waals surface area contributed by atoms with E-state index in [0.717, 1.165) is 19.5 Å². The van der Waals surface area contributed by atoms with Crippen LogP contribution in [0, 0.1) is 11.7 Å². The summed E-state index contributed by atoms with van der Waals surface area (Å²) in [4.78, 5) is 11.3. The van der Waals surface area contributed by atoms with E-state index in [1.807, 2.05) is 6.92 Å². The van der Waals surface area contributed by atoms with E-state index in [1.165, 1.54) is 12.1 Å². The molecule has 2 heterocycles. The van der Waals surface area contributed by atoms with Gasteiger partial charge >= 0.3 is 10.2 Å². The second kappa shape index (κ2) is 5.64. The van der Waals surface area contributed by atoms with Gasteiger partial charge in [0.15, 0.2) is 5.82 Å². The molecule has 2 unspecified atom stereocenters. The molecule has 0 radical (unpaired) electrons. The molecule has 0 saturated carbocycles. The van der Waals surface area contributed by atoms with Gasteiger partial charge in [0.05, 0.1) is 0 Å². The molecule has 3 rings (SSSR count). The van der Waals surface area contributed by atoms with E-state index in [1.54, 1.807) is 4.72 Å². The van der Waals surface area contributed by atoms with E-state index in [-0.39, 0.29) is 5.92 Å². The number of nitrogens with one attached hydrogen (secondary N) is 2. The van der Waals surface area contributed by atoms with Crippen LogP contribution in [-0.2, 0) is 15.0 Å². The van der Waals surface area contributed by atoms with Crippen molar-refractivity contribution in [3.05, 3.63) is 23.5 Å². The Hall–Kier alpha value is -1.87. The third-order valence-corrected chi connectivity index (χ3v) is 5.84. The first-order valence-corrected chi connectivity index (χ1v) is 8.80. The van der Waals surface area contributed by atoms with E-state index in [4.69, 9.17) is 0 Å². The van der Waals surface area contributed by atoms with Crippen LogP contribution in [0.2, 0.25) is 0 Å². The number of phenols is 1. The second-order valence-electron chi connectivity index (χ2n) is 5.95. The van der Waals surface area contributed by atoms with Gasteiger partial charge in [0.25, 0.3) is 5.91 Å². The quantitative estimate of drug-likeness (QED) is 0.739. The van der Waals surface area contributed by atoms with E-state index < -0.39 is 39.9 Å². The number of carbonyl (C=O) groups is 1. The molecule has 126 valence electrons. The first-order chi connectivity index (χ1) is 10.8. The highest BCUT2D eigenvalue weighted by molar-refractivity contribution is 7.92. The average Bonchev–Trinajstić information content (AvgIpc) is 3.05. The Kier molecular flexibility index (Phi) is 3.93. The summed E-state index contributed by atoms with van der Waals surface area (Å²) < 4.78 is 40.4. The largest absolute Gasteiger partial charge is 0.506 e. The number of anilines is 1. The number of phenolic OH excluding ortho intramolecular Hbond substituents is 1. The van der Waals surface area contributed by atoms with Crippen molar-refractivity contribution in [2.24, 2.45) is 5.92 Å². The Morgan fingerprint density at radius 3 is 2.70 bits per heavy atom. The van der Waals surface area contributed by atoms with Crippen molar-refractivity contribution in [3.8, 4) is 5.75 Å². The third-order valence-electron chi connectivity index (χ3n) is 4.47. The van der Waals surface area contributed by atoms with Gasteiger partial charge in [-0.05, 0) is 49.0 Å². The summed E-state index contributed by atoms with van der Waals surface area (Å²) in [6.45, 7) is 3.13. The molecule has 0 bridgehead atoms. The van der Waals surface area contributed by atoms with E-state index in [0.29, 0.717) is 15.8 Å². The lowest BCUT2D eigenvalue weighted by Gasteiger charge is -2.22. The lowest BCUT2D eigenvalue weighted by Crippen LogP contribution is -2.30. The summed E-state index contributed by atoms with van der Waals surface area (Å²) in [5, 5.41) is 13.4. The SMILES string of the molecule is CC(c1cc(O)c(N2CC(=O)NS2(=O)=O)c(F)c1)C1CCNC1. The highest BCUT2D eigenvalue weighted by Gasteiger charge is 2.37. The highest BCUT2D eigenvalue weighted by Crippen LogP contribution is 2.38. The molecular weight excluding hydrogens is 325 g/mol. The first kappa shape index (κ1) is 16.0. The molecule has 3 N–H and O–H groups in total. The topological polar surface area (TPSA) is 98.7 Å². The fourth-order valence-corrected chi connectivity index (χ4v) is 4.31. The number of rotatable bonds is 3. The summed E-state index contributed by atoms with van der Waals surface area (Å²) in [5.74, 6) is -1.76. The number of halogens is 1. The maximum atomic E-state index is 14.5. The minimum Gasteiger partial charge on any atom is -0.506 e. The first-order valence-electron chi connectivity index (χ1n) is 7.36. The van der Waals surface area contributed by atoms with Gasteiger partial charge in [-0.3, -0.25) is 4.79 Å². The highest BCUT2D eigenvalue weighted by atomic mass is 32.2. The fraction of sp³-hybridized carbons (Fsp3) is 0.500. The molecule has 23 heavy (non-hydrogen) atoms. The van der Waals surface area contributed by atoms with Crippen molar-refractivity contribution < 1.29 is 22.7 Å². The molecule has 2 atom stereocenters. The summed E-state index contributed by atoms with van der Waals surface area (Å²) in [6.07, 6.45) is 0.963. The molecule has 1 amide bonds. The Morgan fingerprint density at radius 1 is 1.43 bits per heavy atom. The van der Waals surface area contributed by atoms with Crippen molar-refractivity contribution in [1.82, 2.24) is 10.0 Å². The van der Waals surface area contributed by atoms with Gasteiger partial charge in [0.2, 0.25) is 0 Å². The maximum Gasteiger partial charge on any atom is 0.326 e. The van der Waals surface area contributed by atoms with Crippen molar-refractivity contribution in [1.29, 1.82) is 0 Å². The lowest BCUT2D eigenvalue weighted by atomic mass is 9.86. The summed E-state index contributed by atoms with van der Waals surface area (Å²) in [7, 11) is -4.16. The zero-order chi connectivity index (χ0) is 16.8. The van der Waals surface area contributed by atoms with Crippen LogP contribution in [0.1, 0.15) is 24.8 Å². The molecular formula is C14H18FN3O4S. The summed E-state index contributed by atoms with van der Waals surface area (Å²) in [5.41, 5.74) is 0.108. The maximum absolute atomic E-state index is 14.5. The normalized spacial score (nSPS) is 24.7. The summed E-state index contributed by atoms with van der Waals surface area (Å²) in [6, 6.07) is 2.61. The Balaban J connectivity index is 1.96. The number of benzene rings is 1.